The first kappa shape index (κ1) is 18.4. The number of amides is 2. The van der Waals surface area contributed by atoms with Crippen LogP contribution < -0.4 is 10.6 Å². The first-order chi connectivity index (χ1) is 11.4. The fourth-order valence-electron chi connectivity index (χ4n) is 2.82. The van der Waals surface area contributed by atoms with Crippen molar-refractivity contribution < 1.29 is 18.4 Å². The number of carbonyl (C=O) groups excluding carboxylic acids is 2. The van der Waals surface area contributed by atoms with Crippen molar-refractivity contribution in [1.29, 1.82) is 0 Å². The van der Waals surface area contributed by atoms with Gasteiger partial charge in [0.1, 0.15) is 0 Å². The standard InChI is InChI=1S/C18H24F2N2O2/c1-13(14-6-3-2-4-7-14)9-10-16(23)21-12-15-8-5-11-18(19,20)17(24)22-15/h2-4,6-7,13,15H,5,8-12H2,1H3,(H,21,23)(H,22,24). The molecule has 24 heavy (non-hydrogen) atoms. The average molecular weight is 338 g/mol. The van der Waals surface area contributed by atoms with E-state index in [1.165, 1.54) is 5.56 Å². The molecule has 0 spiro atoms. The highest BCUT2D eigenvalue weighted by Gasteiger charge is 2.41. The summed E-state index contributed by atoms with van der Waals surface area (Å²) in [6.45, 7) is 2.26. The second-order valence-electron chi connectivity index (χ2n) is 6.42. The summed E-state index contributed by atoms with van der Waals surface area (Å²) in [5.41, 5.74) is 1.18. The Bertz CT molecular complexity index is 563. The Morgan fingerprint density at radius 2 is 2.08 bits per heavy atom. The van der Waals surface area contributed by atoms with E-state index < -0.39 is 24.3 Å². The number of alkyl halides is 2. The molecule has 0 aromatic heterocycles. The van der Waals surface area contributed by atoms with Gasteiger partial charge >= 0.3 is 5.92 Å². The van der Waals surface area contributed by atoms with E-state index in [2.05, 4.69) is 17.6 Å². The van der Waals surface area contributed by atoms with Gasteiger partial charge in [-0.3, -0.25) is 9.59 Å². The van der Waals surface area contributed by atoms with Crippen LogP contribution >= 0.6 is 0 Å². The van der Waals surface area contributed by atoms with E-state index in [4.69, 9.17) is 0 Å². The molecular weight excluding hydrogens is 314 g/mol. The van der Waals surface area contributed by atoms with Gasteiger partial charge in [-0.05, 0) is 30.7 Å². The van der Waals surface area contributed by atoms with Crippen LogP contribution in [0.1, 0.15) is 50.5 Å². The molecule has 2 rings (SSSR count). The number of halogens is 2. The minimum Gasteiger partial charge on any atom is -0.354 e. The maximum Gasteiger partial charge on any atom is 0.324 e. The van der Waals surface area contributed by atoms with Crippen LogP contribution in [-0.4, -0.2) is 30.3 Å². The van der Waals surface area contributed by atoms with Crippen LogP contribution in [-0.2, 0) is 9.59 Å². The van der Waals surface area contributed by atoms with Crippen LogP contribution in [0.4, 0.5) is 8.78 Å². The highest BCUT2D eigenvalue weighted by molar-refractivity contribution is 5.84. The molecule has 1 aliphatic rings. The minimum atomic E-state index is -3.30. The number of hydrogen-bond acceptors (Lipinski definition) is 2. The zero-order valence-electron chi connectivity index (χ0n) is 13.9. The van der Waals surface area contributed by atoms with Gasteiger partial charge in [0.2, 0.25) is 5.91 Å². The largest absolute Gasteiger partial charge is 0.354 e. The molecule has 1 saturated heterocycles. The van der Waals surface area contributed by atoms with E-state index in [1.54, 1.807) is 0 Å². The SMILES string of the molecule is CC(CCC(=O)NCC1CCCC(F)(F)C(=O)N1)c1ccccc1. The van der Waals surface area contributed by atoms with Crippen LogP contribution in [0.3, 0.4) is 0 Å². The molecule has 2 atom stereocenters. The lowest BCUT2D eigenvalue weighted by atomic mass is 9.96. The molecule has 0 aliphatic carbocycles. The molecule has 2 N–H and O–H groups in total. The Balaban J connectivity index is 1.72. The number of benzene rings is 1. The van der Waals surface area contributed by atoms with Crippen molar-refractivity contribution in [2.75, 3.05) is 6.54 Å². The lowest BCUT2D eigenvalue weighted by Crippen LogP contribution is -2.47. The third-order valence-electron chi connectivity index (χ3n) is 4.43. The van der Waals surface area contributed by atoms with Crippen molar-refractivity contribution >= 4 is 11.8 Å². The second-order valence-corrected chi connectivity index (χ2v) is 6.42. The zero-order valence-corrected chi connectivity index (χ0v) is 13.9. The van der Waals surface area contributed by atoms with Gasteiger partial charge in [0, 0.05) is 25.4 Å². The van der Waals surface area contributed by atoms with Crippen molar-refractivity contribution in [3.8, 4) is 0 Å². The van der Waals surface area contributed by atoms with Crippen LogP contribution in [0.25, 0.3) is 0 Å². The van der Waals surface area contributed by atoms with Crippen molar-refractivity contribution in [2.45, 2.75) is 56.9 Å². The van der Waals surface area contributed by atoms with E-state index in [9.17, 15) is 18.4 Å². The molecular formula is C18H24F2N2O2. The van der Waals surface area contributed by atoms with Crippen molar-refractivity contribution in [3.05, 3.63) is 35.9 Å². The van der Waals surface area contributed by atoms with Crippen molar-refractivity contribution in [3.63, 3.8) is 0 Å². The third-order valence-corrected chi connectivity index (χ3v) is 4.43. The van der Waals surface area contributed by atoms with Crippen LogP contribution in [0.5, 0.6) is 0 Å². The van der Waals surface area contributed by atoms with Gasteiger partial charge in [-0.15, -0.1) is 0 Å². The lowest BCUT2D eigenvalue weighted by Gasteiger charge is -2.18. The summed E-state index contributed by atoms with van der Waals surface area (Å²) in [7, 11) is 0. The summed E-state index contributed by atoms with van der Waals surface area (Å²) in [5, 5.41) is 5.05. The maximum absolute atomic E-state index is 13.3. The molecule has 1 aromatic rings. The fraction of sp³-hybridized carbons (Fsp3) is 0.556. The monoisotopic (exact) mass is 338 g/mol. The summed E-state index contributed by atoms with van der Waals surface area (Å²) in [6, 6.07) is 9.52. The normalized spacial score (nSPS) is 21.5. The number of rotatable bonds is 6. The van der Waals surface area contributed by atoms with Crippen molar-refractivity contribution in [2.24, 2.45) is 0 Å². The van der Waals surface area contributed by atoms with Gasteiger partial charge < -0.3 is 10.6 Å². The van der Waals surface area contributed by atoms with Crippen LogP contribution in [0.15, 0.2) is 30.3 Å². The Morgan fingerprint density at radius 1 is 1.38 bits per heavy atom. The molecule has 1 heterocycles. The Morgan fingerprint density at radius 3 is 2.79 bits per heavy atom. The van der Waals surface area contributed by atoms with E-state index in [-0.39, 0.29) is 24.8 Å². The molecule has 4 nitrogen and oxygen atoms in total. The molecule has 0 saturated carbocycles. The quantitative estimate of drug-likeness (QED) is 0.838. The van der Waals surface area contributed by atoms with Gasteiger partial charge in [0.15, 0.2) is 0 Å². The maximum atomic E-state index is 13.3. The van der Waals surface area contributed by atoms with E-state index >= 15 is 0 Å². The fourth-order valence-corrected chi connectivity index (χ4v) is 2.82. The van der Waals surface area contributed by atoms with E-state index in [1.807, 2.05) is 30.3 Å². The van der Waals surface area contributed by atoms with E-state index in [0.717, 1.165) is 0 Å². The molecule has 0 radical (unpaired) electrons. The molecule has 132 valence electrons. The van der Waals surface area contributed by atoms with Crippen LogP contribution in [0, 0.1) is 0 Å². The number of hydrogen-bond donors (Lipinski definition) is 2. The van der Waals surface area contributed by atoms with Crippen LogP contribution in [0.2, 0.25) is 0 Å². The summed E-state index contributed by atoms with van der Waals surface area (Å²) in [6.07, 6.45) is 1.36. The molecule has 2 amide bonds. The Kier molecular flexibility index (Phi) is 6.29. The summed E-state index contributed by atoms with van der Waals surface area (Å²) in [5.74, 6) is -4.39. The average Bonchev–Trinajstić information content (AvgIpc) is 2.69. The highest BCUT2D eigenvalue weighted by Crippen LogP contribution is 2.25. The number of carbonyl (C=O) groups is 2. The zero-order chi connectivity index (χ0) is 17.6. The molecule has 1 fully saturated rings. The topological polar surface area (TPSA) is 58.2 Å². The summed E-state index contributed by atoms with van der Waals surface area (Å²) in [4.78, 5) is 23.3. The minimum absolute atomic E-state index is 0.122. The van der Waals surface area contributed by atoms with Gasteiger partial charge in [0.25, 0.3) is 5.91 Å². The molecule has 0 bridgehead atoms. The second kappa shape index (κ2) is 8.22. The van der Waals surface area contributed by atoms with Gasteiger partial charge in [-0.25, -0.2) is 0 Å². The molecule has 6 heteroatoms. The predicted molar refractivity (Wildman–Crippen MR) is 87.8 cm³/mol. The Labute approximate surface area is 141 Å². The first-order valence-electron chi connectivity index (χ1n) is 8.39. The highest BCUT2D eigenvalue weighted by atomic mass is 19.3. The smallest absolute Gasteiger partial charge is 0.324 e. The molecule has 2 unspecified atom stereocenters. The Hall–Kier alpha value is -1.98. The van der Waals surface area contributed by atoms with Gasteiger partial charge in [0.05, 0.1) is 0 Å². The van der Waals surface area contributed by atoms with Gasteiger partial charge in [-0.1, -0.05) is 37.3 Å². The molecule has 1 aliphatic heterocycles. The lowest BCUT2D eigenvalue weighted by molar-refractivity contribution is -0.145. The summed E-state index contributed by atoms with van der Waals surface area (Å²) < 4.78 is 26.6. The number of nitrogens with one attached hydrogen (secondary N) is 2. The summed E-state index contributed by atoms with van der Waals surface area (Å²) >= 11 is 0. The van der Waals surface area contributed by atoms with E-state index in [0.29, 0.717) is 19.3 Å². The first-order valence-corrected chi connectivity index (χ1v) is 8.39. The molecule has 1 aromatic carbocycles. The van der Waals surface area contributed by atoms with Crippen molar-refractivity contribution in [1.82, 2.24) is 10.6 Å². The van der Waals surface area contributed by atoms with Gasteiger partial charge in [-0.2, -0.15) is 8.78 Å². The predicted octanol–water partition coefficient (Wildman–Crippen LogP) is 2.99. The third kappa shape index (κ3) is 5.28.